The maximum absolute atomic E-state index is 13.3. The van der Waals surface area contributed by atoms with Gasteiger partial charge in [-0.15, -0.1) is 0 Å². The van der Waals surface area contributed by atoms with E-state index in [9.17, 15) is 4.79 Å². The first kappa shape index (κ1) is 25.9. The van der Waals surface area contributed by atoms with Crippen molar-refractivity contribution in [3.8, 4) is 17.3 Å². The maximum Gasteiger partial charge on any atom is 0.257 e. The molecule has 206 valence electrons. The lowest BCUT2D eigenvalue weighted by Gasteiger charge is -2.21. The predicted molar refractivity (Wildman–Crippen MR) is 155 cm³/mol. The lowest BCUT2D eigenvalue weighted by atomic mass is 10.0. The second-order valence-electron chi connectivity index (χ2n) is 10.6. The molecule has 0 saturated carbocycles. The first-order valence-electron chi connectivity index (χ1n) is 13.6. The van der Waals surface area contributed by atoms with Crippen molar-refractivity contribution in [1.82, 2.24) is 19.4 Å². The number of carbonyl (C=O) groups is 1. The zero-order chi connectivity index (χ0) is 27.8. The quantitative estimate of drug-likeness (QED) is 0.339. The van der Waals surface area contributed by atoms with E-state index in [0.29, 0.717) is 17.3 Å². The van der Waals surface area contributed by atoms with Gasteiger partial charge in [0.1, 0.15) is 23.4 Å². The highest BCUT2D eigenvalue weighted by Crippen LogP contribution is 2.33. The van der Waals surface area contributed by atoms with Crippen molar-refractivity contribution in [1.29, 1.82) is 0 Å². The van der Waals surface area contributed by atoms with Crippen LogP contribution in [0, 0.1) is 13.8 Å². The molecule has 4 heterocycles. The summed E-state index contributed by atoms with van der Waals surface area (Å²) in [5, 5.41) is 6.42. The molecular weight excluding hydrogens is 504 g/mol. The van der Waals surface area contributed by atoms with Crippen molar-refractivity contribution in [3.63, 3.8) is 0 Å². The number of likely N-dealkylation sites (N-methyl/N-ethyl adjacent to an activating group) is 1. The Balaban J connectivity index is 1.23. The number of benzene rings is 2. The molecule has 1 unspecified atom stereocenters. The van der Waals surface area contributed by atoms with Crippen LogP contribution in [0.4, 0.5) is 17.3 Å². The van der Waals surface area contributed by atoms with Gasteiger partial charge in [-0.3, -0.25) is 4.79 Å². The van der Waals surface area contributed by atoms with Gasteiger partial charge < -0.3 is 29.6 Å². The van der Waals surface area contributed by atoms with Gasteiger partial charge in [-0.2, -0.15) is 4.98 Å². The van der Waals surface area contributed by atoms with Crippen molar-refractivity contribution in [3.05, 3.63) is 82.8 Å². The summed E-state index contributed by atoms with van der Waals surface area (Å²) >= 11 is 0. The number of para-hydroxylation sites is 1. The molecule has 1 amide bonds. The molecule has 0 spiro atoms. The molecule has 2 aliphatic heterocycles. The molecular formula is C31H34N6O3. The van der Waals surface area contributed by atoms with E-state index in [1.54, 1.807) is 7.11 Å². The SMILES string of the molecule is COc1cc(OC2CCN(C)C2)ccc1Nc1ncc2c(n1)-n1ccc(C(=O)Nc3c(C)cccc3C)c1CC2. The summed E-state index contributed by atoms with van der Waals surface area (Å²) in [6, 6.07) is 13.6. The van der Waals surface area contributed by atoms with Crippen molar-refractivity contribution in [2.45, 2.75) is 39.2 Å². The highest BCUT2D eigenvalue weighted by Gasteiger charge is 2.25. The Hall–Kier alpha value is -4.37. The number of aryl methyl sites for hydroxylation is 3. The Kier molecular flexibility index (Phi) is 6.89. The number of methoxy groups -OCH3 is 1. The highest BCUT2D eigenvalue weighted by molar-refractivity contribution is 6.06. The number of anilines is 3. The molecule has 1 saturated heterocycles. The van der Waals surface area contributed by atoms with E-state index in [1.165, 1.54) is 0 Å². The zero-order valence-electron chi connectivity index (χ0n) is 23.3. The Morgan fingerprint density at radius 2 is 1.93 bits per heavy atom. The molecule has 4 aromatic rings. The average Bonchev–Trinajstić information content (AvgIpc) is 3.57. The highest BCUT2D eigenvalue weighted by atomic mass is 16.5. The van der Waals surface area contributed by atoms with Crippen LogP contribution in [0.3, 0.4) is 0 Å². The summed E-state index contributed by atoms with van der Waals surface area (Å²) in [5.74, 6) is 2.54. The number of hydrogen-bond acceptors (Lipinski definition) is 7. The standard InChI is InChI=1S/C31H34N6O3/c1-19-6-5-7-20(2)28(19)34-30(38)24-13-15-37-26(24)11-8-21-17-32-31(35-29(21)37)33-25-10-9-22(16-27(25)39-4)40-23-12-14-36(3)18-23/h5-7,9-10,13,15-17,23H,8,11-12,14,18H2,1-4H3,(H,34,38)(H,32,33,35). The third-order valence-electron chi connectivity index (χ3n) is 7.73. The first-order valence-corrected chi connectivity index (χ1v) is 13.6. The number of amides is 1. The van der Waals surface area contributed by atoms with Crippen LogP contribution in [0.1, 0.15) is 39.2 Å². The minimum absolute atomic E-state index is 0.113. The third kappa shape index (κ3) is 5.00. The van der Waals surface area contributed by atoms with Gasteiger partial charge in [0.15, 0.2) is 0 Å². The topological polar surface area (TPSA) is 93.5 Å². The lowest BCUT2D eigenvalue weighted by molar-refractivity contribution is 0.102. The molecule has 2 aromatic heterocycles. The average molecular weight is 539 g/mol. The molecule has 2 N–H and O–H groups in total. The zero-order valence-corrected chi connectivity index (χ0v) is 23.3. The summed E-state index contributed by atoms with van der Waals surface area (Å²) in [6.07, 6.45) is 6.45. The van der Waals surface area contributed by atoms with Crippen molar-refractivity contribution >= 4 is 23.2 Å². The minimum atomic E-state index is -0.113. The third-order valence-corrected chi connectivity index (χ3v) is 7.73. The van der Waals surface area contributed by atoms with Gasteiger partial charge in [0, 0.05) is 48.5 Å². The monoisotopic (exact) mass is 538 g/mol. The van der Waals surface area contributed by atoms with Crippen LogP contribution in [-0.2, 0) is 12.8 Å². The lowest BCUT2D eigenvalue weighted by Crippen LogP contribution is -2.21. The molecule has 1 fully saturated rings. The number of nitrogens with zero attached hydrogens (tertiary/aromatic N) is 4. The van der Waals surface area contributed by atoms with Crippen LogP contribution in [0.15, 0.2) is 54.9 Å². The van der Waals surface area contributed by atoms with E-state index in [1.807, 2.05) is 73.3 Å². The van der Waals surface area contributed by atoms with E-state index in [-0.39, 0.29) is 12.0 Å². The van der Waals surface area contributed by atoms with Gasteiger partial charge >= 0.3 is 0 Å². The van der Waals surface area contributed by atoms with Crippen LogP contribution in [0.25, 0.3) is 5.82 Å². The molecule has 0 aliphatic carbocycles. The second-order valence-corrected chi connectivity index (χ2v) is 10.6. The van der Waals surface area contributed by atoms with E-state index in [4.69, 9.17) is 14.5 Å². The van der Waals surface area contributed by atoms with Crippen LogP contribution in [0.2, 0.25) is 0 Å². The Morgan fingerprint density at radius 3 is 2.67 bits per heavy atom. The maximum atomic E-state index is 13.3. The Morgan fingerprint density at radius 1 is 1.10 bits per heavy atom. The van der Waals surface area contributed by atoms with Gasteiger partial charge in [-0.1, -0.05) is 18.2 Å². The largest absolute Gasteiger partial charge is 0.494 e. The molecule has 2 aromatic carbocycles. The molecule has 1 atom stereocenters. The minimum Gasteiger partial charge on any atom is -0.494 e. The van der Waals surface area contributed by atoms with Crippen molar-refractivity contribution < 1.29 is 14.3 Å². The van der Waals surface area contributed by atoms with E-state index < -0.39 is 0 Å². The fourth-order valence-corrected chi connectivity index (χ4v) is 5.57. The van der Waals surface area contributed by atoms with Gasteiger partial charge in [-0.25, -0.2) is 4.98 Å². The Bertz CT molecular complexity index is 1560. The van der Waals surface area contributed by atoms with Crippen LogP contribution in [-0.4, -0.2) is 58.7 Å². The van der Waals surface area contributed by atoms with Gasteiger partial charge in [0.2, 0.25) is 5.95 Å². The summed E-state index contributed by atoms with van der Waals surface area (Å²) in [5.41, 5.74) is 6.32. The molecule has 9 heteroatoms. The molecule has 9 nitrogen and oxygen atoms in total. The van der Waals surface area contributed by atoms with Gasteiger partial charge in [-0.05, 0) is 69.5 Å². The smallest absolute Gasteiger partial charge is 0.257 e. The van der Waals surface area contributed by atoms with Crippen LogP contribution in [0.5, 0.6) is 11.5 Å². The second kappa shape index (κ2) is 10.7. The molecule has 6 rings (SSSR count). The summed E-state index contributed by atoms with van der Waals surface area (Å²) in [7, 11) is 3.74. The Labute approximate surface area is 234 Å². The van der Waals surface area contributed by atoms with Crippen molar-refractivity contribution in [2.24, 2.45) is 0 Å². The molecule has 2 aliphatic rings. The molecule has 40 heavy (non-hydrogen) atoms. The van der Waals surface area contributed by atoms with E-state index >= 15 is 0 Å². The van der Waals surface area contributed by atoms with E-state index in [0.717, 1.165) is 77.7 Å². The number of likely N-dealkylation sites (tertiary alicyclic amines) is 1. The summed E-state index contributed by atoms with van der Waals surface area (Å²) in [4.78, 5) is 25.0. The van der Waals surface area contributed by atoms with Gasteiger partial charge in [0.25, 0.3) is 5.91 Å². The number of fused-ring (bicyclic) bond motifs is 3. The van der Waals surface area contributed by atoms with E-state index in [2.05, 4.69) is 27.6 Å². The normalized spacial score (nSPS) is 16.2. The number of ether oxygens (including phenoxy) is 2. The van der Waals surface area contributed by atoms with Crippen LogP contribution < -0.4 is 20.1 Å². The first-order chi connectivity index (χ1) is 19.4. The summed E-state index contributed by atoms with van der Waals surface area (Å²) < 4.78 is 13.8. The van der Waals surface area contributed by atoms with Crippen LogP contribution >= 0.6 is 0 Å². The van der Waals surface area contributed by atoms with Gasteiger partial charge in [0.05, 0.1) is 18.4 Å². The number of carbonyl (C=O) groups excluding carboxylic acids is 1. The molecule has 0 bridgehead atoms. The predicted octanol–water partition coefficient (Wildman–Crippen LogP) is 5.07. The molecule has 0 radical (unpaired) electrons. The number of hydrogen-bond donors (Lipinski definition) is 2. The van der Waals surface area contributed by atoms with Crippen molar-refractivity contribution in [2.75, 3.05) is 37.9 Å². The fraction of sp³-hybridized carbons (Fsp3) is 0.323. The summed E-state index contributed by atoms with van der Waals surface area (Å²) in [6.45, 7) is 5.97. The number of nitrogens with one attached hydrogen (secondary N) is 2. The number of aromatic nitrogens is 3. The fourth-order valence-electron chi connectivity index (χ4n) is 5.57. The number of rotatable bonds is 7.